The predicted octanol–water partition coefficient (Wildman–Crippen LogP) is 4.48. The van der Waals surface area contributed by atoms with E-state index in [4.69, 9.17) is 37.8 Å². The molecule has 13 heteroatoms. The SMILES string of the molecule is CCCOCCOCCOCCOCCOCCOP(=O)([O-])OCCCCCCSSCCCCCCO. The zero-order chi connectivity index (χ0) is 27.8. The molecule has 0 rings (SSSR count). The van der Waals surface area contributed by atoms with Crippen LogP contribution in [0.4, 0.5) is 0 Å². The quantitative estimate of drug-likeness (QED) is 0.0643. The van der Waals surface area contributed by atoms with Crippen LogP contribution in [0.1, 0.15) is 64.7 Å². The monoisotopic (exact) mass is 607 g/mol. The van der Waals surface area contributed by atoms with Gasteiger partial charge >= 0.3 is 0 Å². The van der Waals surface area contributed by atoms with Crippen molar-refractivity contribution in [1.82, 2.24) is 0 Å². The molecule has 0 amide bonds. The van der Waals surface area contributed by atoms with Crippen LogP contribution in [0.2, 0.25) is 0 Å². The van der Waals surface area contributed by atoms with Gasteiger partial charge in [0.1, 0.15) is 0 Å². The molecule has 0 heterocycles. The van der Waals surface area contributed by atoms with Crippen molar-refractivity contribution in [3.63, 3.8) is 0 Å². The summed E-state index contributed by atoms with van der Waals surface area (Å²) in [5, 5.41) is 8.74. The number of hydrogen-bond acceptors (Lipinski definition) is 12. The van der Waals surface area contributed by atoms with Crippen LogP contribution in [0.15, 0.2) is 0 Å². The third kappa shape index (κ3) is 32.8. The number of unbranched alkanes of at least 4 members (excludes halogenated alkanes) is 6. The van der Waals surface area contributed by atoms with Crippen LogP contribution in [-0.2, 0) is 37.3 Å². The Morgan fingerprint density at radius 1 is 0.553 bits per heavy atom. The van der Waals surface area contributed by atoms with E-state index < -0.39 is 7.82 Å². The molecule has 1 N–H and O–H groups in total. The molecule has 0 aromatic carbocycles. The highest BCUT2D eigenvalue weighted by Crippen LogP contribution is 2.38. The lowest BCUT2D eigenvalue weighted by atomic mass is 10.2. The Bertz CT molecular complexity index is 509. The highest BCUT2D eigenvalue weighted by molar-refractivity contribution is 8.76. The van der Waals surface area contributed by atoms with Crippen molar-refractivity contribution in [2.45, 2.75) is 64.7 Å². The molecule has 0 aliphatic carbocycles. The molecule has 0 radical (unpaired) electrons. The number of rotatable bonds is 33. The molecule has 1 atom stereocenters. The Labute approximate surface area is 238 Å². The molecule has 0 fully saturated rings. The van der Waals surface area contributed by atoms with E-state index in [1.807, 2.05) is 21.6 Å². The third-order valence-corrected chi connectivity index (χ3v) is 8.48. The first-order valence-electron chi connectivity index (χ1n) is 14.0. The smallest absolute Gasteiger partial charge is 0.267 e. The van der Waals surface area contributed by atoms with Crippen molar-refractivity contribution in [2.75, 3.05) is 97.4 Å². The molecule has 38 heavy (non-hydrogen) atoms. The maximum absolute atomic E-state index is 11.8. The first-order valence-corrected chi connectivity index (χ1v) is 17.9. The molecule has 0 aliphatic heterocycles. The van der Waals surface area contributed by atoms with E-state index in [9.17, 15) is 9.46 Å². The Morgan fingerprint density at radius 3 is 1.42 bits per heavy atom. The minimum Gasteiger partial charge on any atom is -0.756 e. The van der Waals surface area contributed by atoms with Gasteiger partial charge in [-0.05, 0) is 32.1 Å². The summed E-state index contributed by atoms with van der Waals surface area (Å²) in [7, 11) is -0.475. The highest BCUT2D eigenvalue weighted by atomic mass is 33.1. The first kappa shape index (κ1) is 38.6. The average molecular weight is 608 g/mol. The second kappa shape index (κ2) is 32.1. The molecule has 0 saturated carbocycles. The lowest BCUT2D eigenvalue weighted by molar-refractivity contribution is -0.226. The van der Waals surface area contributed by atoms with Crippen molar-refractivity contribution in [3.8, 4) is 0 Å². The van der Waals surface area contributed by atoms with Gasteiger partial charge in [-0.15, -0.1) is 0 Å². The van der Waals surface area contributed by atoms with Crippen LogP contribution in [0.25, 0.3) is 0 Å². The topological polar surface area (TPSA) is 125 Å². The second-order valence-electron chi connectivity index (χ2n) is 8.37. The van der Waals surface area contributed by atoms with Gasteiger partial charge in [0, 0.05) is 24.7 Å². The van der Waals surface area contributed by atoms with Crippen molar-refractivity contribution >= 4 is 29.4 Å². The summed E-state index contributed by atoms with van der Waals surface area (Å²) >= 11 is 0. The van der Waals surface area contributed by atoms with Crippen LogP contribution in [-0.4, -0.2) is 103 Å². The molecular formula is C25H52O10PS2-. The number of aliphatic hydroxyl groups excluding tert-OH is 1. The lowest BCUT2D eigenvalue weighted by Gasteiger charge is -2.22. The fourth-order valence-electron chi connectivity index (χ4n) is 2.91. The molecule has 0 saturated heterocycles. The van der Waals surface area contributed by atoms with Crippen molar-refractivity contribution < 1.29 is 47.3 Å². The summed E-state index contributed by atoms with van der Waals surface area (Å²) in [6.07, 6.45) is 9.22. The zero-order valence-electron chi connectivity index (χ0n) is 23.4. The van der Waals surface area contributed by atoms with Gasteiger partial charge in [-0.1, -0.05) is 54.2 Å². The third-order valence-electron chi connectivity index (χ3n) is 4.90. The van der Waals surface area contributed by atoms with E-state index in [1.54, 1.807) is 0 Å². The fourth-order valence-corrected chi connectivity index (χ4v) is 5.93. The highest BCUT2D eigenvalue weighted by Gasteiger charge is 2.08. The summed E-state index contributed by atoms with van der Waals surface area (Å²) in [6.45, 7) is 7.21. The van der Waals surface area contributed by atoms with Crippen LogP contribution >= 0.6 is 29.4 Å². The van der Waals surface area contributed by atoms with Crippen LogP contribution in [0, 0.1) is 0 Å². The molecule has 0 aromatic heterocycles. The van der Waals surface area contributed by atoms with Gasteiger partial charge in [0.2, 0.25) is 0 Å². The molecule has 0 aliphatic rings. The molecule has 0 spiro atoms. The van der Waals surface area contributed by atoms with E-state index in [0.29, 0.717) is 65.9 Å². The Balaban J connectivity index is 3.27. The Hall–Kier alpha value is 0.570. The first-order chi connectivity index (χ1) is 18.6. The molecule has 0 aromatic rings. The van der Waals surface area contributed by atoms with E-state index in [0.717, 1.165) is 56.6 Å². The maximum Gasteiger partial charge on any atom is 0.267 e. The largest absolute Gasteiger partial charge is 0.756 e. The molecule has 10 nitrogen and oxygen atoms in total. The van der Waals surface area contributed by atoms with Crippen molar-refractivity contribution in [1.29, 1.82) is 0 Å². The maximum atomic E-state index is 11.8. The average Bonchev–Trinajstić information content (AvgIpc) is 2.90. The summed E-state index contributed by atoms with van der Waals surface area (Å²) in [5.41, 5.74) is 0. The minimum atomic E-state index is -4.28. The van der Waals surface area contributed by atoms with Crippen molar-refractivity contribution in [2.24, 2.45) is 0 Å². The van der Waals surface area contributed by atoms with Crippen molar-refractivity contribution in [3.05, 3.63) is 0 Å². The van der Waals surface area contributed by atoms with Gasteiger partial charge in [-0.2, -0.15) is 0 Å². The summed E-state index contributed by atoms with van der Waals surface area (Å²) in [6, 6.07) is 0. The molecular weight excluding hydrogens is 555 g/mol. The number of ether oxygens (including phenoxy) is 5. The number of phosphoric ester groups is 1. The molecule has 0 bridgehead atoms. The Morgan fingerprint density at radius 2 is 0.947 bits per heavy atom. The Kier molecular flexibility index (Phi) is 32.6. The van der Waals surface area contributed by atoms with Gasteiger partial charge in [0.15, 0.2) is 0 Å². The van der Waals surface area contributed by atoms with E-state index in [-0.39, 0.29) is 19.8 Å². The van der Waals surface area contributed by atoms with Crippen LogP contribution in [0.5, 0.6) is 0 Å². The summed E-state index contributed by atoms with van der Waals surface area (Å²) in [4.78, 5) is 11.8. The standard InChI is InChI=1S/C25H53O10PS2/c1-2-12-29-14-15-30-16-17-31-18-19-32-20-21-33-22-23-35-36(27,28)34-13-8-4-6-10-25-38-37-24-9-5-3-7-11-26/h26H,2-25H2,1H3,(H,27,28)/p-1. The zero-order valence-corrected chi connectivity index (χ0v) is 25.9. The number of hydrogen-bond donors (Lipinski definition) is 1. The van der Waals surface area contributed by atoms with Crippen LogP contribution in [0.3, 0.4) is 0 Å². The van der Waals surface area contributed by atoms with Gasteiger partial charge < -0.3 is 42.7 Å². The van der Waals surface area contributed by atoms with Gasteiger partial charge in [0.25, 0.3) is 7.82 Å². The predicted molar refractivity (Wildman–Crippen MR) is 153 cm³/mol. The summed E-state index contributed by atoms with van der Waals surface area (Å²) in [5.74, 6) is 2.26. The van der Waals surface area contributed by atoms with Crippen LogP contribution < -0.4 is 4.89 Å². The summed E-state index contributed by atoms with van der Waals surface area (Å²) < 4.78 is 48.3. The number of aliphatic hydroxyl groups is 1. The van der Waals surface area contributed by atoms with E-state index in [2.05, 4.69) is 6.92 Å². The molecule has 1 unspecified atom stereocenters. The lowest BCUT2D eigenvalue weighted by Crippen LogP contribution is -2.15. The molecule has 230 valence electrons. The second-order valence-corrected chi connectivity index (χ2v) is 12.5. The fraction of sp³-hybridized carbons (Fsp3) is 1.00. The van der Waals surface area contributed by atoms with E-state index >= 15 is 0 Å². The minimum absolute atomic E-state index is 0.0797. The van der Waals surface area contributed by atoms with E-state index in [1.165, 1.54) is 12.8 Å². The normalized spacial score (nSPS) is 13.2. The van der Waals surface area contributed by atoms with Gasteiger partial charge in [-0.3, -0.25) is 4.57 Å². The number of phosphoric acid groups is 1. The van der Waals surface area contributed by atoms with Gasteiger partial charge in [-0.25, -0.2) is 0 Å². The van der Waals surface area contributed by atoms with Gasteiger partial charge in [0.05, 0.1) is 72.7 Å².